The number of ether oxygens (including phenoxy) is 2. The first-order valence-corrected chi connectivity index (χ1v) is 6.60. The molecule has 0 atom stereocenters. The molecule has 0 fully saturated rings. The van der Waals surface area contributed by atoms with Crippen LogP contribution < -0.4 is 14.8 Å². The summed E-state index contributed by atoms with van der Waals surface area (Å²) in [6.07, 6.45) is 0. The van der Waals surface area contributed by atoms with Crippen LogP contribution in [-0.2, 0) is 0 Å². The second-order valence-electron chi connectivity index (χ2n) is 4.70. The van der Waals surface area contributed by atoms with Gasteiger partial charge >= 0.3 is 0 Å². The topological polar surface area (TPSA) is 59.2 Å². The zero-order valence-corrected chi connectivity index (χ0v) is 11.0. The molecule has 2 aromatic carbocycles. The van der Waals surface area contributed by atoms with Gasteiger partial charge in [0.2, 0.25) is 5.95 Å². The summed E-state index contributed by atoms with van der Waals surface area (Å²) in [6, 6.07) is 10.1. The van der Waals surface area contributed by atoms with Crippen LogP contribution in [0.3, 0.4) is 0 Å². The van der Waals surface area contributed by atoms with E-state index >= 15 is 0 Å². The van der Waals surface area contributed by atoms with E-state index in [9.17, 15) is 4.39 Å². The Morgan fingerprint density at radius 3 is 2.67 bits per heavy atom. The molecule has 5 nitrogen and oxygen atoms in total. The van der Waals surface area contributed by atoms with Crippen molar-refractivity contribution in [3.05, 3.63) is 42.2 Å². The summed E-state index contributed by atoms with van der Waals surface area (Å²) in [6.45, 7) is 1.07. The molecule has 0 saturated heterocycles. The van der Waals surface area contributed by atoms with E-state index in [-0.39, 0.29) is 5.82 Å². The van der Waals surface area contributed by atoms with E-state index < -0.39 is 0 Å². The average Bonchev–Trinajstić information content (AvgIpc) is 2.88. The summed E-state index contributed by atoms with van der Waals surface area (Å²) in [5.41, 5.74) is 1.91. The number of rotatable bonds is 2. The molecule has 0 spiro atoms. The van der Waals surface area contributed by atoms with E-state index in [2.05, 4.69) is 15.3 Å². The molecular formula is C15H12FN3O2. The van der Waals surface area contributed by atoms with Crippen LogP contribution in [-0.4, -0.2) is 23.2 Å². The van der Waals surface area contributed by atoms with Crippen molar-refractivity contribution in [3.63, 3.8) is 0 Å². The lowest BCUT2D eigenvalue weighted by atomic mass is 10.2. The van der Waals surface area contributed by atoms with Crippen molar-refractivity contribution in [1.82, 2.24) is 9.97 Å². The average molecular weight is 285 g/mol. The maximum absolute atomic E-state index is 13.6. The molecule has 6 heteroatoms. The lowest BCUT2D eigenvalue weighted by Crippen LogP contribution is -2.15. The van der Waals surface area contributed by atoms with E-state index in [0.29, 0.717) is 36.3 Å². The smallest absolute Gasteiger partial charge is 0.205 e. The summed E-state index contributed by atoms with van der Waals surface area (Å²) in [7, 11) is 0. The predicted octanol–water partition coefficient (Wildman–Crippen LogP) is 3.22. The molecule has 1 aliphatic rings. The Balaban J connectivity index is 1.72. The van der Waals surface area contributed by atoms with Gasteiger partial charge in [-0.2, -0.15) is 0 Å². The number of hydrogen-bond donors (Lipinski definition) is 2. The van der Waals surface area contributed by atoms with E-state index in [1.807, 2.05) is 12.1 Å². The van der Waals surface area contributed by atoms with E-state index in [1.165, 1.54) is 6.07 Å². The molecule has 1 aromatic heterocycles. The number of fused-ring (bicyclic) bond motifs is 2. The molecule has 0 radical (unpaired) electrons. The number of para-hydroxylation sites is 1. The number of aromatic nitrogens is 2. The van der Waals surface area contributed by atoms with Gasteiger partial charge < -0.3 is 19.8 Å². The maximum Gasteiger partial charge on any atom is 0.205 e. The summed E-state index contributed by atoms with van der Waals surface area (Å²) in [5.74, 6) is 1.51. The number of imidazole rings is 1. The third kappa shape index (κ3) is 2.14. The Morgan fingerprint density at radius 2 is 1.86 bits per heavy atom. The zero-order valence-electron chi connectivity index (χ0n) is 11.0. The molecule has 0 unspecified atom stereocenters. The summed E-state index contributed by atoms with van der Waals surface area (Å²) in [4.78, 5) is 7.49. The van der Waals surface area contributed by atoms with Crippen LogP contribution >= 0.6 is 0 Å². The Morgan fingerprint density at radius 1 is 1.10 bits per heavy atom. The highest BCUT2D eigenvalue weighted by Crippen LogP contribution is 2.34. The van der Waals surface area contributed by atoms with Gasteiger partial charge in [0.15, 0.2) is 11.5 Å². The van der Waals surface area contributed by atoms with Crippen LogP contribution in [0.2, 0.25) is 0 Å². The minimum absolute atomic E-state index is 0.330. The molecule has 0 amide bonds. The normalized spacial score (nSPS) is 13.4. The largest absolute Gasteiger partial charge is 0.486 e. The Labute approximate surface area is 119 Å². The molecule has 1 aliphatic heterocycles. The van der Waals surface area contributed by atoms with E-state index in [1.54, 1.807) is 18.2 Å². The lowest BCUT2D eigenvalue weighted by molar-refractivity contribution is 0.172. The third-order valence-electron chi connectivity index (χ3n) is 3.27. The van der Waals surface area contributed by atoms with Crippen LogP contribution in [0.25, 0.3) is 11.0 Å². The second-order valence-corrected chi connectivity index (χ2v) is 4.70. The van der Waals surface area contributed by atoms with E-state index in [4.69, 9.17) is 9.47 Å². The first kappa shape index (κ1) is 12.0. The SMILES string of the molecule is Fc1ccccc1Nc1nc2cc3c(cc2[nH]1)OCCO3. The predicted molar refractivity (Wildman–Crippen MR) is 76.8 cm³/mol. The van der Waals surface area contributed by atoms with Crippen molar-refractivity contribution in [2.45, 2.75) is 0 Å². The van der Waals surface area contributed by atoms with Gasteiger partial charge in [-0.3, -0.25) is 0 Å². The quantitative estimate of drug-likeness (QED) is 0.759. The van der Waals surface area contributed by atoms with Gasteiger partial charge in [0.1, 0.15) is 19.0 Å². The van der Waals surface area contributed by atoms with Gasteiger partial charge in [-0.1, -0.05) is 12.1 Å². The van der Waals surface area contributed by atoms with Crippen molar-refractivity contribution < 1.29 is 13.9 Å². The first-order chi connectivity index (χ1) is 10.3. The highest BCUT2D eigenvalue weighted by Gasteiger charge is 2.15. The molecule has 21 heavy (non-hydrogen) atoms. The fraction of sp³-hybridized carbons (Fsp3) is 0.133. The number of aromatic amines is 1. The van der Waals surface area contributed by atoms with E-state index in [0.717, 1.165) is 11.0 Å². The summed E-state index contributed by atoms with van der Waals surface area (Å²) in [5, 5.41) is 2.93. The van der Waals surface area contributed by atoms with Crippen molar-refractivity contribution in [3.8, 4) is 11.5 Å². The van der Waals surface area contributed by atoms with Crippen LogP contribution in [0.5, 0.6) is 11.5 Å². The van der Waals surface area contributed by atoms with Crippen molar-refractivity contribution in [2.24, 2.45) is 0 Å². The molecule has 106 valence electrons. The monoisotopic (exact) mass is 285 g/mol. The molecule has 0 saturated carbocycles. The number of nitrogens with zero attached hydrogens (tertiary/aromatic N) is 1. The van der Waals surface area contributed by atoms with Crippen LogP contribution in [0.1, 0.15) is 0 Å². The van der Waals surface area contributed by atoms with Gasteiger partial charge in [-0.05, 0) is 12.1 Å². The summed E-state index contributed by atoms with van der Waals surface area (Å²) >= 11 is 0. The number of halogens is 1. The van der Waals surface area contributed by atoms with Gasteiger partial charge in [-0.15, -0.1) is 0 Å². The van der Waals surface area contributed by atoms with Gasteiger partial charge in [0, 0.05) is 12.1 Å². The van der Waals surface area contributed by atoms with Crippen molar-refractivity contribution in [2.75, 3.05) is 18.5 Å². The highest BCUT2D eigenvalue weighted by molar-refractivity contribution is 5.82. The van der Waals surface area contributed by atoms with Crippen LogP contribution in [0, 0.1) is 5.82 Å². The summed E-state index contributed by atoms with van der Waals surface area (Å²) < 4.78 is 24.7. The number of hydrogen-bond acceptors (Lipinski definition) is 4. The van der Waals surface area contributed by atoms with Crippen LogP contribution in [0.15, 0.2) is 36.4 Å². The Bertz CT molecular complexity index is 773. The minimum Gasteiger partial charge on any atom is -0.486 e. The molecule has 4 rings (SSSR count). The maximum atomic E-state index is 13.6. The number of anilines is 2. The molecule has 0 aliphatic carbocycles. The van der Waals surface area contributed by atoms with Crippen molar-refractivity contribution in [1.29, 1.82) is 0 Å². The molecular weight excluding hydrogens is 273 g/mol. The fourth-order valence-corrected chi connectivity index (χ4v) is 2.30. The highest BCUT2D eigenvalue weighted by atomic mass is 19.1. The lowest BCUT2D eigenvalue weighted by Gasteiger charge is -2.17. The van der Waals surface area contributed by atoms with Crippen LogP contribution in [0.4, 0.5) is 16.0 Å². The van der Waals surface area contributed by atoms with Gasteiger partial charge in [-0.25, -0.2) is 9.37 Å². The first-order valence-electron chi connectivity index (χ1n) is 6.60. The number of benzene rings is 2. The molecule has 2 N–H and O–H groups in total. The van der Waals surface area contributed by atoms with Gasteiger partial charge in [0.05, 0.1) is 16.7 Å². The fourth-order valence-electron chi connectivity index (χ4n) is 2.30. The third-order valence-corrected chi connectivity index (χ3v) is 3.27. The minimum atomic E-state index is -0.330. The standard InChI is InChI=1S/C15H12FN3O2/c16-9-3-1-2-4-10(9)17-15-18-11-7-13-14(8-12(11)19-15)21-6-5-20-13/h1-4,7-8H,5-6H2,(H2,17,18,19). The zero-order chi connectivity index (χ0) is 14.2. The molecule has 0 bridgehead atoms. The van der Waals surface area contributed by atoms with Crippen molar-refractivity contribution >= 4 is 22.7 Å². The molecule has 2 heterocycles. The number of H-pyrrole nitrogens is 1. The second kappa shape index (κ2) is 4.66. The van der Waals surface area contributed by atoms with Gasteiger partial charge in [0.25, 0.3) is 0 Å². The number of nitrogens with one attached hydrogen (secondary N) is 2. The molecule has 3 aromatic rings. The Kier molecular flexibility index (Phi) is 2.67. The Hall–Kier alpha value is -2.76.